The third-order valence-corrected chi connectivity index (χ3v) is 15.5. The van der Waals surface area contributed by atoms with E-state index in [1.54, 1.807) is 0 Å². The molecular weight excluding hydrogens is 956 g/mol. The van der Waals surface area contributed by atoms with Gasteiger partial charge in [0.15, 0.2) is 0 Å². The van der Waals surface area contributed by atoms with Crippen molar-refractivity contribution in [2.24, 2.45) is 0 Å². The first-order valence-electron chi connectivity index (χ1n) is 23.6. The molecule has 7 heteroatoms. The molecule has 7 aromatic carbocycles. The Morgan fingerprint density at radius 2 is 0.768 bits per heavy atom. The summed E-state index contributed by atoms with van der Waals surface area (Å²) in [4.78, 5) is 13.4. The average Bonchev–Trinajstić information content (AvgIpc) is 4.05. The maximum absolute atomic E-state index is 4.46. The fraction of sp³-hybridized carbons (Fsp3) is 0.0806. The van der Waals surface area contributed by atoms with Gasteiger partial charge in [-0.1, -0.05) is 139 Å². The van der Waals surface area contributed by atoms with Crippen LogP contribution in [0, 0.1) is 0 Å². The van der Waals surface area contributed by atoms with Gasteiger partial charge in [0.25, 0.3) is 0 Å². The van der Waals surface area contributed by atoms with Crippen molar-refractivity contribution in [1.82, 2.24) is 28.7 Å². The number of alkyl halides is 1. The monoisotopic (exact) mass is 1000 g/mol. The molecular formula is C62H45IN6. The summed E-state index contributed by atoms with van der Waals surface area (Å²) < 4.78 is 7.22. The van der Waals surface area contributed by atoms with Crippen molar-refractivity contribution >= 4 is 88.0 Å². The van der Waals surface area contributed by atoms with E-state index in [0.717, 1.165) is 40.9 Å². The largest absolute Gasteiger partial charge is 0.309 e. The fourth-order valence-electron chi connectivity index (χ4n) is 10.8. The van der Waals surface area contributed by atoms with Crippen molar-refractivity contribution in [3.8, 4) is 17.1 Å². The van der Waals surface area contributed by atoms with E-state index in [2.05, 4.69) is 240 Å². The molecule has 0 spiro atoms. The van der Waals surface area contributed by atoms with Crippen molar-refractivity contribution in [3.05, 3.63) is 253 Å². The summed E-state index contributed by atoms with van der Waals surface area (Å²) in [5.74, 6) is 0.304. The first kappa shape index (κ1) is 41.3. The van der Waals surface area contributed by atoms with E-state index >= 15 is 0 Å². The summed E-state index contributed by atoms with van der Waals surface area (Å²) in [5.41, 5.74) is 18.4. The average molecular weight is 1000 g/mol. The Kier molecular flexibility index (Phi) is 10.2. The molecule has 2 atom stereocenters. The van der Waals surface area contributed by atoms with Crippen LogP contribution in [0.3, 0.4) is 0 Å². The second kappa shape index (κ2) is 17.0. The molecule has 6 heterocycles. The maximum Gasteiger partial charge on any atom is 0.0608 e. The molecule has 330 valence electrons. The number of hydrogen-bond donors (Lipinski definition) is 0. The minimum Gasteiger partial charge on any atom is -0.309 e. The van der Waals surface area contributed by atoms with Gasteiger partial charge in [0.2, 0.25) is 0 Å². The lowest BCUT2D eigenvalue weighted by Crippen LogP contribution is -2.03. The zero-order valence-corrected chi connectivity index (χ0v) is 40.1. The summed E-state index contributed by atoms with van der Waals surface area (Å²) >= 11 is 2.65. The van der Waals surface area contributed by atoms with E-state index in [1.165, 1.54) is 87.8 Å². The minimum absolute atomic E-state index is 0.154. The summed E-state index contributed by atoms with van der Waals surface area (Å²) in [7, 11) is 0. The number of fused-ring (bicyclic) bond motifs is 9. The highest BCUT2D eigenvalue weighted by molar-refractivity contribution is 14.1. The van der Waals surface area contributed by atoms with Gasteiger partial charge in [0.1, 0.15) is 0 Å². The van der Waals surface area contributed by atoms with Gasteiger partial charge >= 0.3 is 0 Å². The number of hydrogen-bond acceptors (Lipinski definition) is 3. The molecule has 0 unspecified atom stereocenters. The topological polar surface area (TPSA) is 53.5 Å². The zero-order chi connectivity index (χ0) is 46.0. The maximum atomic E-state index is 4.46. The predicted molar refractivity (Wildman–Crippen MR) is 293 cm³/mol. The summed E-state index contributed by atoms with van der Waals surface area (Å²) in [6.07, 6.45) is 13.4. The Bertz CT molecular complexity index is 3890. The highest BCUT2D eigenvalue weighted by atomic mass is 127. The van der Waals surface area contributed by atoms with E-state index in [9.17, 15) is 0 Å². The van der Waals surface area contributed by atoms with Crippen molar-refractivity contribution < 1.29 is 0 Å². The Morgan fingerprint density at radius 1 is 0.377 bits per heavy atom. The Balaban J connectivity index is 0.833. The number of pyridine rings is 3. The van der Waals surface area contributed by atoms with Gasteiger partial charge in [-0.2, -0.15) is 0 Å². The van der Waals surface area contributed by atoms with Crippen molar-refractivity contribution in [2.75, 3.05) is 0 Å². The lowest BCUT2D eigenvalue weighted by Gasteiger charge is -2.19. The molecule has 6 nitrogen and oxygen atoms in total. The van der Waals surface area contributed by atoms with Gasteiger partial charge in [-0.25, -0.2) is 0 Å². The highest BCUT2D eigenvalue weighted by Crippen LogP contribution is 2.38. The highest BCUT2D eigenvalue weighted by Gasteiger charge is 2.19. The van der Waals surface area contributed by atoms with Crippen molar-refractivity contribution in [3.63, 3.8) is 0 Å². The van der Waals surface area contributed by atoms with Gasteiger partial charge in [-0.15, -0.1) is 0 Å². The number of halogens is 1. The van der Waals surface area contributed by atoms with Crippen LogP contribution >= 0.6 is 22.6 Å². The number of benzene rings is 7. The molecule has 13 rings (SSSR count). The van der Waals surface area contributed by atoms with Gasteiger partial charge in [0.05, 0.1) is 37.0 Å². The molecule has 0 aliphatic carbocycles. The third-order valence-electron chi connectivity index (χ3n) is 14.1. The normalized spacial score (nSPS) is 12.8. The van der Waals surface area contributed by atoms with Crippen LogP contribution in [-0.2, 0) is 12.8 Å². The van der Waals surface area contributed by atoms with Crippen LogP contribution in [0.25, 0.3) is 82.5 Å². The van der Waals surface area contributed by atoms with E-state index in [4.69, 9.17) is 0 Å². The summed E-state index contributed by atoms with van der Waals surface area (Å²) in [6.45, 7) is 2.36. The minimum atomic E-state index is 0.154. The summed E-state index contributed by atoms with van der Waals surface area (Å²) in [6, 6.07) is 67.0. The molecule has 0 amide bonds. The van der Waals surface area contributed by atoms with Crippen LogP contribution in [0.5, 0.6) is 0 Å². The van der Waals surface area contributed by atoms with Crippen LogP contribution in [0.4, 0.5) is 0 Å². The van der Waals surface area contributed by atoms with Gasteiger partial charge in [0, 0.05) is 86.6 Å². The number of rotatable bonds is 10. The lowest BCUT2D eigenvalue weighted by atomic mass is 9.90. The zero-order valence-electron chi connectivity index (χ0n) is 37.9. The predicted octanol–water partition coefficient (Wildman–Crippen LogP) is 15.6. The fourth-order valence-corrected chi connectivity index (χ4v) is 11.6. The Hall–Kier alpha value is -7.88. The standard InChI is InChI=1S/C62H45IN6/c1-40(44-16-22-48(23-17-44)68-57-12-6-3-9-51(57)54-38-65-30-27-60(54)68)32-42-34-43(33-41-14-20-47(21-15-41)67-56-11-5-2-8-50(56)53-37-64-29-26-59(53)67)36-46(35-42)62(63)45-18-24-49(25-19-45)69-58-13-7-4-10-52(58)55-39-66-31-28-61(55)69/h2-31,34-40,62H,32-33H2,1H3/t40-,62+/m0/s1. The van der Waals surface area contributed by atoms with Crippen LogP contribution in [0.1, 0.15) is 50.1 Å². The molecule has 13 aromatic rings. The SMILES string of the molecule is C[C@@H](Cc1cc(Cc2ccc(-n3c4ccccc4c4cnccc43)cc2)cc([C@H](I)c2ccc(-n3c4ccccc4c4cnccc43)cc2)c1)c1ccc(-n2c3ccccc3c3cnccc32)cc1. The first-order valence-corrected chi connectivity index (χ1v) is 24.8. The molecule has 69 heavy (non-hydrogen) atoms. The van der Waals surface area contributed by atoms with Crippen LogP contribution in [0.2, 0.25) is 0 Å². The van der Waals surface area contributed by atoms with E-state index in [1.807, 2.05) is 37.2 Å². The van der Waals surface area contributed by atoms with Crippen LogP contribution < -0.4 is 0 Å². The molecule has 0 fully saturated rings. The number of para-hydroxylation sites is 3. The molecule has 6 aromatic heterocycles. The Morgan fingerprint density at radius 3 is 1.23 bits per heavy atom. The van der Waals surface area contributed by atoms with Crippen LogP contribution in [0.15, 0.2) is 219 Å². The van der Waals surface area contributed by atoms with Crippen molar-refractivity contribution in [2.45, 2.75) is 29.6 Å². The number of aromatic nitrogens is 6. The first-order chi connectivity index (χ1) is 34.0. The molecule has 0 saturated heterocycles. The molecule has 0 aliphatic heterocycles. The smallest absolute Gasteiger partial charge is 0.0608 e. The molecule has 0 aliphatic rings. The molecule has 0 saturated carbocycles. The van der Waals surface area contributed by atoms with E-state index < -0.39 is 0 Å². The van der Waals surface area contributed by atoms with E-state index in [-0.39, 0.29) is 3.92 Å². The van der Waals surface area contributed by atoms with Gasteiger partial charge in [-0.05, 0) is 125 Å². The van der Waals surface area contributed by atoms with Crippen molar-refractivity contribution in [1.29, 1.82) is 0 Å². The third kappa shape index (κ3) is 7.19. The van der Waals surface area contributed by atoms with Crippen LogP contribution in [-0.4, -0.2) is 28.7 Å². The Labute approximate surface area is 413 Å². The second-order valence-corrected chi connectivity index (χ2v) is 19.6. The summed E-state index contributed by atoms with van der Waals surface area (Å²) in [5, 5.41) is 7.15. The second-order valence-electron chi connectivity index (χ2n) is 18.3. The number of nitrogens with zero attached hydrogens (tertiary/aromatic N) is 6. The van der Waals surface area contributed by atoms with Gasteiger partial charge in [-0.3, -0.25) is 15.0 Å². The molecule has 0 bridgehead atoms. The lowest BCUT2D eigenvalue weighted by molar-refractivity contribution is 0.757. The molecule has 0 N–H and O–H groups in total. The van der Waals surface area contributed by atoms with E-state index in [0.29, 0.717) is 5.92 Å². The quantitative estimate of drug-likeness (QED) is 0.101. The van der Waals surface area contributed by atoms with Gasteiger partial charge < -0.3 is 13.7 Å². The molecule has 0 radical (unpaired) electrons.